The Labute approximate surface area is 88.8 Å². The van der Waals surface area contributed by atoms with E-state index in [4.69, 9.17) is 0 Å². The van der Waals surface area contributed by atoms with Crippen molar-refractivity contribution in [2.75, 3.05) is 0 Å². The fraction of sp³-hybridized carbons (Fsp3) is 0.600. The molecule has 82 valence electrons. The fourth-order valence-corrected chi connectivity index (χ4v) is 1.41. The summed E-state index contributed by atoms with van der Waals surface area (Å²) in [4.78, 5) is 11.4. The van der Waals surface area contributed by atoms with Crippen molar-refractivity contribution in [3.8, 4) is 0 Å². The summed E-state index contributed by atoms with van der Waals surface area (Å²) in [6.07, 6.45) is 5.84. The maximum Gasteiger partial charge on any atom is 0.315 e. The van der Waals surface area contributed by atoms with Crippen LogP contribution in [0.15, 0.2) is 18.5 Å². The molecule has 1 unspecified atom stereocenters. The van der Waals surface area contributed by atoms with Gasteiger partial charge < -0.3 is 10.6 Å². The normalized spacial score (nSPS) is 17.1. The molecule has 1 aliphatic carbocycles. The van der Waals surface area contributed by atoms with Crippen LogP contribution >= 0.6 is 0 Å². The molecule has 1 heterocycles. The summed E-state index contributed by atoms with van der Waals surface area (Å²) >= 11 is 0. The first-order valence-electron chi connectivity index (χ1n) is 5.28. The van der Waals surface area contributed by atoms with E-state index in [-0.39, 0.29) is 12.1 Å². The van der Waals surface area contributed by atoms with Crippen LogP contribution in [-0.2, 0) is 6.54 Å². The summed E-state index contributed by atoms with van der Waals surface area (Å²) in [6, 6.07) is 2.29. The Bertz CT molecular complexity index is 318. The van der Waals surface area contributed by atoms with Crippen LogP contribution in [-0.4, -0.2) is 27.9 Å². The van der Waals surface area contributed by atoms with Crippen LogP contribution in [0.5, 0.6) is 0 Å². The summed E-state index contributed by atoms with van der Waals surface area (Å²) < 4.78 is 1.81. The van der Waals surface area contributed by atoms with Crippen LogP contribution in [0, 0.1) is 0 Å². The third-order valence-corrected chi connectivity index (χ3v) is 2.31. The van der Waals surface area contributed by atoms with Crippen molar-refractivity contribution in [1.29, 1.82) is 0 Å². The number of hydrogen-bond acceptors (Lipinski definition) is 2. The number of rotatable bonds is 4. The van der Waals surface area contributed by atoms with Crippen LogP contribution in [0.1, 0.15) is 19.8 Å². The van der Waals surface area contributed by atoms with Gasteiger partial charge in [-0.2, -0.15) is 5.10 Å². The Kier molecular flexibility index (Phi) is 2.89. The molecular weight excluding hydrogens is 192 g/mol. The lowest BCUT2D eigenvalue weighted by Gasteiger charge is -2.14. The summed E-state index contributed by atoms with van der Waals surface area (Å²) in [5, 5.41) is 9.85. The molecule has 1 aliphatic rings. The average molecular weight is 208 g/mol. The van der Waals surface area contributed by atoms with Gasteiger partial charge in [0, 0.05) is 24.5 Å². The Balaban J connectivity index is 1.71. The third kappa shape index (κ3) is 3.27. The SMILES string of the molecule is CC(Cn1cccn1)NC(=O)NC1CC1. The quantitative estimate of drug-likeness (QED) is 0.766. The number of hydrogen-bond donors (Lipinski definition) is 2. The zero-order valence-corrected chi connectivity index (χ0v) is 8.81. The van der Waals surface area contributed by atoms with E-state index >= 15 is 0 Å². The van der Waals surface area contributed by atoms with Crippen molar-refractivity contribution >= 4 is 6.03 Å². The topological polar surface area (TPSA) is 59.0 Å². The van der Waals surface area contributed by atoms with Gasteiger partial charge in [-0.25, -0.2) is 4.79 Å². The molecule has 0 aliphatic heterocycles. The number of nitrogens with one attached hydrogen (secondary N) is 2. The van der Waals surface area contributed by atoms with Crippen molar-refractivity contribution in [3.63, 3.8) is 0 Å². The molecule has 0 radical (unpaired) electrons. The van der Waals surface area contributed by atoms with E-state index < -0.39 is 0 Å². The minimum absolute atomic E-state index is 0.0721. The Morgan fingerprint density at radius 3 is 3.07 bits per heavy atom. The van der Waals surface area contributed by atoms with Crippen molar-refractivity contribution in [2.24, 2.45) is 0 Å². The molecule has 1 aromatic heterocycles. The van der Waals surface area contributed by atoms with Crippen LogP contribution < -0.4 is 10.6 Å². The van der Waals surface area contributed by atoms with E-state index in [1.165, 1.54) is 0 Å². The van der Waals surface area contributed by atoms with Gasteiger partial charge in [-0.15, -0.1) is 0 Å². The van der Waals surface area contributed by atoms with Gasteiger partial charge in [-0.05, 0) is 25.8 Å². The highest BCUT2D eigenvalue weighted by molar-refractivity contribution is 5.74. The highest BCUT2D eigenvalue weighted by Crippen LogP contribution is 2.18. The Morgan fingerprint density at radius 1 is 1.67 bits per heavy atom. The molecular formula is C10H16N4O. The van der Waals surface area contributed by atoms with Gasteiger partial charge in [0.1, 0.15) is 0 Å². The number of carbonyl (C=O) groups is 1. The van der Waals surface area contributed by atoms with Crippen molar-refractivity contribution in [3.05, 3.63) is 18.5 Å². The van der Waals surface area contributed by atoms with E-state index in [0.717, 1.165) is 12.8 Å². The Hall–Kier alpha value is -1.52. The summed E-state index contributed by atoms with van der Waals surface area (Å²) in [5.41, 5.74) is 0. The Morgan fingerprint density at radius 2 is 2.47 bits per heavy atom. The second-order valence-corrected chi connectivity index (χ2v) is 4.02. The van der Waals surface area contributed by atoms with Crippen molar-refractivity contribution in [1.82, 2.24) is 20.4 Å². The maximum absolute atomic E-state index is 11.4. The van der Waals surface area contributed by atoms with E-state index in [1.54, 1.807) is 6.20 Å². The lowest BCUT2D eigenvalue weighted by molar-refractivity contribution is 0.235. The first-order valence-corrected chi connectivity index (χ1v) is 5.28. The molecule has 1 atom stereocenters. The average Bonchev–Trinajstić information content (AvgIpc) is 2.80. The highest BCUT2D eigenvalue weighted by atomic mass is 16.2. The largest absolute Gasteiger partial charge is 0.335 e. The smallest absolute Gasteiger partial charge is 0.315 e. The number of urea groups is 1. The number of nitrogens with zero attached hydrogens (tertiary/aromatic N) is 2. The minimum atomic E-state index is -0.0721. The molecule has 15 heavy (non-hydrogen) atoms. The van der Waals surface area contributed by atoms with Crippen LogP contribution in [0.4, 0.5) is 4.79 Å². The third-order valence-electron chi connectivity index (χ3n) is 2.31. The van der Waals surface area contributed by atoms with Gasteiger partial charge in [-0.1, -0.05) is 0 Å². The molecule has 1 saturated carbocycles. The van der Waals surface area contributed by atoms with Crippen molar-refractivity contribution in [2.45, 2.75) is 38.4 Å². The molecule has 2 amide bonds. The monoisotopic (exact) mass is 208 g/mol. The lowest BCUT2D eigenvalue weighted by Crippen LogP contribution is -2.43. The van der Waals surface area contributed by atoms with Crippen LogP contribution in [0.25, 0.3) is 0 Å². The molecule has 1 aromatic rings. The summed E-state index contributed by atoms with van der Waals surface area (Å²) in [7, 11) is 0. The number of amides is 2. The molecule has 0 saturated heterocycles. The second kappa shape index (κ2) is 4.33. The molecule has 0 spiro atoms. The molecule has 5 heteroatoms. The van der Waals surface area contributed by atoms with Gasteiger partial charge in [0.05, 0.1) is 6.54 Å². The molecule has 0 aromatic carbocycles. The van der Waals surface area contributed by atoms with E-state index in [0.29, 0.717) is 12.6 Å². The van der Waals surface area contributed by atoms with Crippen molar-refractivity contribution < 1.29 is 4.79 Å². The zero-order valence-electron chi connectivity index (χ0n) is 8.81. The van der Waals surface area contributed by atoms with Gasteiger partial charge >= 0.3 is 6.03 Å². The number of carbonyl (C=O) groups excluding carboxylic acids is 1. The zero-order chi connectivity index (χ0) is 10.7. The maximum atomic E-state index is 11.4. The molecule has 2 rings (SSSR count). The minimum Gasteiger partial charge on any atom is -0.335 e. The van der Waals surface area contributed by atoms with E-state index in [9.17, 15) is 4.79 Å². The molecule has 2 N–H and O–H groups in total. The standard InChI is InChI=1S/C10H16N4O/c1-8(7-14-6-2-5-11-14)12-10(15)13-9-3-4-9/h2,5-6,8-9H,3-4,7H2,1H3,(H2,12,13,15). The fourth-order valence-electron chi connectivity index (χ4n) is 1.41. The first kappa shape index (κ1) is 10.0. The van der Waals surface area contributed by atoms with Gasteiger partial charge in [0.2, 0.25) is 0 Å². The van der Waals surface area contributed by atoms with Gasteiger partial charge in [0.15, 0.2) is 0 Å². The number of aromatic nitrogens is 2. The van der Waals surface area contributed by atoms with E-state index in [2.05, 4.69) is 15.7 Å². The lowest BCUT2D eigenvalue weighted by atomic mass is 10.3. The van der Waals surface area contributed by atoms with Gasteiger partial charge in [0.25, 0.3) is 0 Å². The summed E-state index contributed by atoms with van der Waals surface area (Å²) in [5.74, 6) is 0. The first-order chi connectivity index (χ1) is 7.24. The predicted molar refractivity (Wildman–Crippen MR) is 56.4 cm³/mol. The summed E-state index contributed by atoms with van der Waals surface area (Å²) in [6.45, 7) is 2.67. The molecule has 0 bridgehead atoms. The molecule has 1 fully saturated rings. The highest BCUT2D eigenvalue weighted by Gasteiger charge is 2.23. The van der Waals surface area contributed by atoms with Gasteiger partial charge in [-0.3, -0.25) is 4.68 Å². The van der Waals surface area contributed by atoms with Crippen LogP contribution in [0.2, 0.25) is 0 Å². The second-order valence-electron chi connectivity index (χ2n) is 4.02. The van der Waals surface area contributed by atoms with E-state index in [1.807, 2.05) is 23.9 Å². The van der Waals surface area contributed by atoms with Crippen LogP contribution in [0.3, 0.4) is 0 Å². The predicted octanol–water partition coefficient (Wildman–Crippen LogP) is 0.733. The molecule has 5 nitrogen and oxygen atoms in total.